The summed E-state index contributed by atoms with van der Waals surface area (Å²) < 4.78 is 2.12. The van der Waals surface area contributed by atoms with E-state index < -0.39 is 0 Å². The highest BCUT2D eigenvalue weighted by Crippen LogP contribution is 2.29. The van der Waals surface area contributed by atoms with Crippen molar-refractivity contribution in [2.24, 2.45) is 0 Å². The molecule has 0 bridgehead atoms. The Morgan fingerprint density at radius 2 is 1.90 bits per heavy atom. The Hall–Kier alpha value is -2.43. The Morgan fingerprint density at radius 3 is 2.71 bits per heavy atom. The molecule has 21 heavy (non-hydrogen) atoms. The van der Waals surface area contributed by atoms with Crippen molar-refractivity contribution in [2.75, 3.05) is 18.0 Å². The molecule has 1 aliphatic heterocycles. The van der Waals surface area contributed by atoms with Crippen LogP contribution in [-0.2, 0) is 0 Å². The van der Waals surface area contributed by atoms with Crippen molar-refractivity contribution in [3.05, 3.63) is 55.0 Å². The molecule has 0 atom stereocenters. The Balaban J connectivity index is 1.54. The highest BCUT2D eigenvalue weighted by molar-refractivity contribution is 5.69. The fourth-order valence-electron chi connectivity index (χ4n) is 3.11. The van der Waals surface area contributed by atoms with Gasteiger partial charge in [-0.15, -0.1) is 0 Å². The zero-order chi connectivity index (χ0) is 14.1. The molecule has 0 N–H and O–H groups in total. The summed E-state index contributed by atoms with van der Waals surface area (Å²) in [5, 5.41) is 0. The van der Waals surface area contributed by atoms with Crippen molar-refractivity contribution >= 4 is 11.3 Å². The molecule has 106 valence electrons. The van der Waals surface area contributed by atoms with Gasteiger partial charge in [0.2, 0.25) is 0 Å². The molecule has 0 unspecified atom stereocenters. The topological polar surface area (TPSA) is 46.3 Å². The molecule has 1 saturated heterocycles. The maximum atomic E-state index is 4.58. The predicted octanol–water partition coefficient (Wildman–Crippen LogP) is 2.51. The first-order valence-electron chi connectivity index (χ1n) is 7.34. The Morgan fingerprint density at radius 1 is 1.00 bits per heavy atom. The maximum Gasteiger partial charge on any atom is 0.152 e. The Labute approximate surface area is 123 Å². The number of aromatic nitrogens is 4. The van der Waals surface area contributed by atoms with E-state index in [1.54, 1.807) is 12.4 Å². The minimum atomic E-state index is 0.515. The van der Waals surface area contributed by atoms with Crippen molar-refractivity contribution in [3.8, 4) is 0 Å². The van der Waals surface area contributed by atoms with Gasteiger partial charge < -0.3 is 9.30 Å². The normalized spacial score (nSPS) is 16.5. The summed E-state index contributed by atoms with van der Waals surface area (Å²) in [5.41, 5.74) is 2.29. The average molecular weight is 279 g/mol. The number of nitrogens with zero attached hydrogens (tertiary/aromatic N) is 5. The maximum absolute atomic E-state index is 4.58. The number of anilines is 1. The fraction of sp³-hybridized carbons (Fsp3) is 0.312. The molecular weight excluding hydrogens is 262 g/mol. The van der Waals surface area contributed by atoms with Crippen LogP contribution in [0.2, 0.25) is 0 Å². The molecule has 5 heteroatoms. The Kier molecular flexibility index (Phi) is 3.03. The molecular formula is C16H17N5. The van der Waals surface area contributed by atoms with Crippen molar-refractivity contribution < 1.29 is 0 Å². The molecule has 1 aliphatic rings. The quantitative estimate of drug-likeness (QED) is 0.723. The van der Waals surface area contributed by atoms with Gasteiger partial charge in [-0.3, -0.25) is 9.97 Å². The standard InChI is InChI=1S/C16H17N5/c1-2-15-16(19-7-11-20(15)8-1)21-9-3-13(4-10-21)14-12-17-5-6-18-14/h1-2,5-8,11-13H,3-4,9-10H2. The fourth-order valence-corrected chi connectivity index (χ4v) is 3.11. The van der Waals surface area contributed by atoms with Gasteiger partial charge in [-0.25, -0.2) is 4.98 Å². The van der Waals surface area contributed by atoms with Crippen LogP contribution in [0.4, 0.5) is 5.82 Å². The van der Waals surface area contributed by atoms with Crippen molar-refractivity contribution in [1.29, 1.82) is 0 Å². The first kappa shape index (κ1) is 12.3. The van der Waals surface area contributed by atoms with Crippen LogP contribution < -0.4 is 4.90 Å². The summed E-state index contributed by atoms with van der Waals surface area (Å²) in [7, 11) is 0. The van der Waals surface area contributed by atoms with Crippen LogP contribution in [0.5, 0.6) is 0 Å². The van der Waals surface area contributed by atoms with E-state index in [1.807, 2.05) is 18.6 Å². The van der Waals surface area contributed by atoms with Crippen molar-refractivity contribution in [3.63, 3.8) is 0 Å². The van der Waals surface area contributed by atoms with Crippen LogP contribution in [-0.4, -0.2) is 32.4 Å². The van der Waals surface area contributed by atoms with Crippen molar-refractivity contribution in [1.82, 2.24) is 19.4 Å². The first-order valence-corrected chi connectivity index (χ1v) is 7.34. The van der Waals surface area contributed by atoms with Gasteiger partial charge in [-0.2, -0.15) is 0 Å². The van der Waals surface area contributed by atoms with Gasteiger partial charge in [0.05, 0.1) is 11.2 Å². The second-order valence-corrected chi connectivity index (χ2v) is 5.44. The van der Waals surface area contributed by atoms with Gasteiger partial charge in [0, 0.05) is 56.2 Å². The number of piperidine rings is 1. The van der Waals surface area contributed by atoms with Crippen LogP contribution in [0, 0.1) is 0 Å². The largest absolute Gasteiger partial charge is 0.355 e. The minimum Gasteiger partial charge on any atom is -0.355 e. The van der Waals surface area contributed by atoms with E-state index in [2.05, 4.69) is 42.6 Å². The van der Waals surface area contributed by atoms with E-state index >= 15 is 0 Å². The summed E-state index contributed by atoms with van der Waals surface area (Å²) in [4.78, 5) is 15.6. The number of hydrogen-bond acceptors (Lipinski definition) is 4. The third kappa shape index (κ3) is 2.24. The summed E-state index contributed by atoms with van der Waals surface area (Å²) >= 11 is 0. The molecule has 1 fully saturated rings. The highest BCUT2D eigenvalue weighted by Gasteiger charge is 2.23. The van der Waals surface area contributed by atoms with Gasteiger partial charge in [0.1, 0.15) is 0 Å². The van der Waals surface area contributed by atoms with Gasteiger partial charge in [0.15, 0.2) is 5.82 Å². The molecule has 4 rings (SSSR count). The molecule has 5 nitrogen and oxygen atoms in total. The third-order valence-corrected chi connectivity index (χ3v) is 4.23. The number of hydrogen-bond donors (Lipinski definition) is 0. The van der Waals surface area contributed by atoms with E-state index in [9.17, 15) is 0 Å². The monoisotopic (exact) mass is 279 g/mol. The molecule has 0 aliphatic carbocycles. The van der Waals surface area contributed by atoms with Gasteiger partial charge in [0.25, 0.3) is 0 Å². The lowest BCUT2D eigenvalue weighted by Crippen LogP contribution is -2.34. The van der Waals surface area contributed by atoms with E-state index in [4.69, 9.17) is 0 Å². The van der Waals surface area contributed by atoms with Gasteiger partial charge >= 0.3 is 0 Å². The number of rotatable bonds is 2. The summed E-state index contributed by atoms with van der Waals surface area (Å²) in [6, 6.07) is 4.18. The predicted molar refractivity (Wildman–Crippen MR) is 81.4 cm³/mol. The summed E-state index contributed by atoms with van der Waals surface area (Å²) in [6.45, 7) is 2.03. The zero-order valence-electron chi connectivity index (χ0n) is 11.8. The lowest BCUT2D eigenvalue weighted by atomic mass is 9.94. The van der Waals surface area contributed by atoms with Gasteiger partial charge in [-0.1, -0.05) is 0 Å². The van der Waals surface area contributed by atoms with E-state index in [1.165, 1.54) is 5.52 Å². The molecule has 0 aromatic carbocycles. The molecule has 0 radical (unpaired) electrons. The highest BCUT2D eigenvalue weighted by atomic mass is 15.2. The smallest absolute Gasteiger partial charge is 0.152 e. The lowest BCUT2D eigenvalue weighted by molar-refractivity contribution is 0.493. The summed E-state index contributed by atoms with van der Waals surface area (Å²) in [6.07, 6.45) is 13.5. The molecule has 0 spiro atoms. The van der Waals surface area contributed by atoms with E-state index in [-0.39, 0.29) is 0 Å². The summed E-state index contributed by atoms with van der Waals surface area (Å²) in [5.74, 6) is 1.60. The van der Waals surface area contributed by atoms with Crippen LogP contribution in [0.25, 0.3) is 5.52 Å². The SMILES string of the molecule is c1cc2c(N3CCC(c4cnccn4)CC3)nccn2c1. The first-order chi connectivity index (χ1) is 10.4. The van der Waals surface area contributed by atoms with Crippen LogP contribution in [0.3, 0.4) is 0 Å². The second kappa shape index (κ2) is 5.16. The third-order valence-electron chi connectivity index (χ3n) is 4.23. The van der Waals surface area contributed by atoms with Crippen LogP contribution >= 0.6 is 0 Å². The van der Waals surface area contributed by atoms with Gasteiger partial charge in [-0.05, 0) is 25.0 Å². The molecule has 4 heterocycles. The van der Waals surface area contributed by atoms with Crippen molar-refractivity contribution in [2.45, 2.75) is 18.8 Å². The van der Waals surface area contributed by atoms with Crippen LogP contribution in [0.15, 0.2) is 49.3 Å². The second-order valence-electron chi connectivity index (χ2n) is 5.44. The zero-order valence-corrected chi connectivity index (χ0v) is 11.8. The molecule has 3 aromatic rings. The molecule has 0 saturated carbocycles. The van der Waals surface area contributed by atoms with E-state index in [0.29, 0.717) is 5.92 Å². The minimum absolute atomic E-state index is 0.515. The Bertz CT molecular complexity index is 729. The lowest BCUT2D eigenvalue weighted by Gasteiger charge is -2.32. The molecule has 0 amide bonds. The van der Waals surface area contributed by atoms with Crippen LogP contribution in [0.1, 0.15) is 24.5 Å². The number of fused-ring (bicyclic) bond motifs is 1. The average Bonchev–Trinajstić information content (AvgIpc) is 3.04. The molecule has 3 aromatic heterocycles. The van der Waals surface area contributed by atoms with E-state index in [0.717, 1.165) is 37.4 Å².